The van der Waals surface area contributed by atoms with Gasteiger partial charge in [0.05, 0.1) is 12.3 Å². The fourth-order valence-electron chi connectivity index (χ4n) is 7.56. The first kappa shape index (κ1) is 34.4. The van der Waals surface area contributed by atoms with Crippen molar-refractivity contribution in [3.63, 3.8) is 0 Å². The predicted molar refractivity (Wildman–Crippen MR) is 169 cm³/mol. The lowest BCUT2D eigenvalue weighted by Gasteiger charge is -2.39. The van der Waals surface area contributed by atoms with Crippen LogP contribution in [-0.2, 0) is 35.3 Å². The molecule has 1 aromatic heterocycles. The Morgan fingerprint density at radius 3 is 2.32 bits per heavy atom. The minimum Gasteiger partial charge on any atom is -0.466 e. The molecule has 5 rings (SSSR count). The van der Waals surface area contributed by atoms with E-state index in [4.69, 9.17) is 14.9 Å². The van der Waals surface area contributed by atoms with E-state index < -0.39 is 64.6 Å². The molecule has 0 aromatic carbocycles. The summed E-state index contributed by atoms with van der Waals surface area (Å²) >= 11 is 0. The maximum Gasteiger partial charge on any atom is 0.332 e. The van der Waals surface area contributed by atoms with Crippen molar-refractivity contribution in [2.75, 3.05) is 6.54 Å². The first-order valence-electron chi connectivity index (χ1n) is 16.8. The van der Waals surface area contributed by atoms with Crippen LogP contribution in [0.3, 0.4) is 0 Å². The van der Waals surface area contributed by atoms with E-state index in [1.54, 1.807) is 12.1 Å². The zero-order valence-electron chi connectivity index (χ0n) is 28.1. The zero-order chi connectivity index (χ0) is 34.3. The molecule has 2 heterocycles. The molecule has 47 heavy (non-hydrogen) atoms. The molecular formula is C34H49N5O8. The SMILES string of the molecule is CC(C)(C)[C@H](NC(=O)NC1(C(=O)OCc2ccco2)CCCCC1)C(=O)N1C[C@H]2[C@@H]([C@H]1C(=O)NC(CC1CC1)C(=O)C(N)=O)C2(C)C. The maximum absolute atomic E-state index is 14.3. The summed E-state index contributed by atoms with van der Waals surface area (Å²) in [6, 6.07) is -0.278. The topological polar surface area (TPSA) is 190 Å². The van der Waals surface area contributed by atoms with Gasteiger partial charge in [0.2, 0.25) is 17.6 Å². The molecular weight excluding hydrogens is 606 g/mol. The summed E-state index contributed by atoms with van der Waals surface area (Å²) in [5, 5.41) is 8.46. The number of esters is 1. The number of primary amides is 1. The maximum atomic E-state index is 14.3. The average Bonchev–Trinajstić information content (AvgIpc) is 3.71. The molecule has 4 aliphatic rings. The van der Waals surface area contributed by atoms with Gasteiger partial charge < -0.3 is 35.7 Å². The van der Waals surface area contributed by atoms with Crippen LogP contribution in [0.1, 0.15) is 91.7 Å². The van der Waals surface area contributed by atoms with Crippen LogP contribution >= 0.6 is 0 Å². The zero-order valence-corrected chi connectivity index (χ0v) is 28.1. The smallest absolute Gasteiger partial charge is 0.332 e. The normalized spacial score (nSPS) is 25.5. The van der Waals surface area contributed by atoms with Gasteiger partial charge in [-0.2, -0.15) is 0 Å². The molecule has 0 bridgehead atoms. The van der Waals surface area contributed by atoms with E-state index in [2.05, 4.69) is 16.0 Å². The molecule has 0 spiro atoms. The number of nitrogens with one attached hydrogen (secondary N) is 3. The highest BCUT2D eigenvalue weighted by Gasteiger charge is 2.70. The van der Waals surface area contributed by atoms with Crippen molar-refractivity contribution < 1.29 is 37.9 Å². The number of ketones is 1. The van der Waals surface area contributed by atoms with Crippen molar-refractivity contribution >= 4 is 35.5 Å². The average molecular weight is 656 g/mol. The Morgan fingerprint density at radius 2 is 1.74 bits per heavy atom. The number of Topliss-reactive ketones (excluding diaryl/α,β-unsaturated/α-hetero) is 1. The molecule has 13 nitrogen and oxygen atoms in total. The van der Waals surface area contributed by atoms with Gasteiger partial charge in [0, 0.05) is 6.54 Å². The fourth-order valence-corrected chi connectivity index (χ4v) is 7.56. The van der Waals surface area contributed by atoms with E-state index in [-0.39, 0.29) is 29.8 Å². The van der Waals surface area contributed by atoms with Crippen LogP contribution in [0.15, 0.2) is 22.8 Å². The number of ether oxygens (including phenoxy) is 1. The molecule has 5 N–H and O–H groups in total. The van der Waals surface area contributed by atoms with Crippen LogP contribution in [0.25, 0.3) is 0 Å². The van der Waals surface area contributed by atoms with Crippen molar-refractivity contribution in [3.8, 4) is 0 Å². The summed E-state index contributed by atoms with van der Waals surface area (Å²) in [6.07, 6.45) is 6.78. The molecule has 1 saturated heterocycles. The van der Waals surface area contributed by atoms with Crippen LogP contribution in [0.2, 0.25) is 0 Å². The van der Waals surface area contributed by atoms with Gasteiger partial charge >= 0.3 is 12.0 Å². The molecule has 258 valence electrons. The molecule has 3 aliphatic carbocycles. The molecule has 4 fully saturated rings. The Labute approximate surface area is 275 Å². The van der Waals surface area contributed by atoms with Gasteiger partial charge in [-0.1, -0.05) is 66.7 Å². The van der Waals surface area contributed by atoms with Gasteiger partial charge in [-0.25, -0.2) is 9.59 Å². The molecule has 5 amide bonds. The molecule has 1 aliphatic heterocycles. The number of carbonyl (C=O) groups excluding carboxylic acids is 6. The summed E-state index contributed by atoms with van der Waals surface area (Å²) < 4.78 is 10.8. The monoisotopic (exact) mass is 655 g/mol. The van der Waals surface area contributed by atoms with Gasteiger partial charge in [-0.15, -0.1) is 0 Å². The number of carbonyl (C=O) groups is 6. The number of likely N-dealkylation sites (tertiary alicyclic amines) is 1. The summed E-state index contributed by atoms with van der Waals surface area (Å²) in [6.45, 7) is 9.78. The second-order valence-corrected chi connectivity index (χ2v) is 15.6. The van der Waals surface area contributed by atoms with Gasteiger partial charge in [0.1, 0.15) is 30.0 Å². The molecule has 3 saturated carbocycles. The number of rotatable bonds is 12. The first-order valence-corrected chi connectivity index (χ1v) is 16.8. The highest BCUT2D eigenvalue weighted by molar-refractivity contribution is 6.37. The summed E-state index contributed by atoms with van der Waals surface area (Å²) in [7, 11) is 0. The molecule has 1 aromatic rings. The number of furan rings is 1. The largest absolute Gasteiger partial charge is 0.466 e. The predicted octanol–water partition coefficient (Wildman–Crippen LogP) is 2.56. The van der Waals surface area contributed by atoms with Gasteiger partial charge in [0.15, 0.2) is 0 Å². The third-order valence-electron chi connectivity index (χ3n) is 10.7. The second kappa shape index (κ2) is 13.0. The number of hydrogen-bond donors (Lipinski definition) is 4. The van der Waals surface area contributed by atoms with E-state index in [1.165, 1.54) is 11.2 Å². The van der Waals surface area contributed by atoms with Crippen LogP contribution in [0, 0.1) is 28.6 Å². The highest BCUT2D eigenvalue weighted by atomic mass is 16.5. The summed E-state index contributed by atoms with van der Waals surface area (Å²) in [5.74, 6) is -2.84. The van der Waals surface area contributed by atoms with Crippen LogP contribution in [-0.4, -0.2) is 70.6 Å². The van der Waals surface area contributed by atoms with Gasteiger partial charge in [-0.3, -0.25) is 19.2 Å². The lowest BCUT2D eigenvalue weighted by Crippen LogP contribution is -2.64. The number of hydrogen-bond acceptors (Lipinski definition) is 8. The lowest BCUT2D eigenvalue weighted by atomic mass is 9.81. The number of fused-ring (bicyclic) bond motifs is 1. The highest BCUT2D eigenvalue weighted by Crippen LogP contribution is 2.65. The Hall–Kier alpha value is -3.90. The third-order valence-corrected chi connectivity index (χ3v) is 10.7. The van der Waals surface area contributed by atoms with E-state index >= 15 is 0 Å². The number of nitrogens with two attached hydrogens (primary N) is 1. The first-order chi connectivity index (χ1) is 22.0. The molecule has 5 atom stereocenters. The van der Waals surface area contributed by atoms with Crippen molar-refractivity contribution in [1.29, 1.82) is 0 Å². The van der Waals surface area contributed by atoms with Gasteiger partial charge in [-0.05, 0) is 60.0 Å². The minimum atomic E-state index is -1.26. The van der Waals surface area contributed by atoms with Crippen molar-refractivity contribution in [2.45, 2.75) is 116 Å². The van der Waals surface area contributed by atoms with Gasteiger partial charge in [0.25, 0.3) is 5.91 Å². The third kappa shape index (κ3) is 7.33. The van der Waals surface area contributed by atoms with E-state index in [0.717, 1.165) is 32.1 Å². The van der Waals surface area contributed by atoms with E-state index in [1.807, 2.05) is 34.6 Å². The summed E-state index contributed by atoms with van der Waals surface area (Å²) in [4.78, 5) is 81.1. The van der Waals surface area contributed by atoms with Crippen molar-refractivity contribution in [3.05, 3.63) is 24.2 Å². The van der Waals surface area contributed by atoms with E-state index in [0.29, 0.717) is 31.6 Å². The van der Waals surface area contributed by atoms with E-state index in [9.17, 15) is 28.8 Å². The van der Waals surface area contributed by atoms with Crippen LogP contribution in [0.5, 0.6) is 0 Å². The Morgan fingerprint density at radius 1 is 1.06 bits per heavy atom. The quantitative estimate of drug-likeness (QED) is 0.195. The molecule has 0 radical (unpaired) electrons. The number of urea groups is 1. The molecule has 13 heteroatoms. The van der Waals surface area contributed by atoms with Crippen molar-refractivity contribution in [2.24, 2.45) is 34.3 Å². The Kier molecular flexibility index (Phi) is 9.49. The minimum absolute atomic E-state index is 0.0554. The van der Waals surface area contributed by atoms with Crippen molar-refractivity contribution in [1.82, 2.24) is 20.9 Å². The molecule has 1 unspecified atom stereocenters. The fraction of sp³-hybridized carbons (Fsp3) is 0.706. The summed E-state index contributed by atoms with van der Waals surface area (Å²) in [5.41, 5.74) is 3.07. The standard InChI is InChI=1S/C34H49N5O8/c1-32(2,3)26(37-31(45)38-34(13-7-6-8-14-34)30(44)47-18-20-10-9-15-46-20)29(43)39-17-21-23(33(21,4)5)24(39)28(42)36-22(16-19-11-12-19)25(40)27(35)41/h9-10,15,19,21-24,26H,6-8,11-14,16-18H2,1-5H3,(H2,35,41)(H,36,42)(H2,37,38,45)/t21-,22?,23-,24-,26+/m0/s1. The van der Waals surface area contributed by atoms with Crippen LogP contribution < -0.4 is 21.7 Å². The Balaban J connectivity index is 1.32. The number of nitrogens with zero attached hydrogens (tertiary/aromatic N) is 1. The number of amides is 5. The Bertz CT molecular complexity index is 1390. The second-order valence-electron chi connectivity index (χ2n) is 15.6. The lowest BCUT2D eigenvalue weighted by molar-refractivity contribution is -0.154. The number of piperidine rings is 1. The van der Waals surface area contributed by atoms with Crippen LogP contribution in [0.4, 0.5) is 4.79 Å².